The van der Waals surface area contributed by atoms with E-state index >= 15 is 0 Å². The minimum atomic E-state index is -0.726. The van der Waals surface area contributed by atoms with Gasteiger partial charge in [0, 0.05) is 25.6 Å². The monoisotopic (exact) mass is 227 g/mol. The summed E-state index contributed by atoms with van der Waals surface area (Å²) >= 11 is 0. The highest BCUT2D eigenvalue weighted by Crippen LogP contribution is 2.51. The van der Waals surface area contributed by atoms with Crippen molar-refractivity contribution in [3.63, 3.8) is 0 Å². The van der Waals surface area contributed by atoms with Gasteiger partial charge in [-0.15, -0.1) is 0 Å². The Labute approximate surface area is 96.3 Å². The van der Waals surface area contributed by atoms with Gasteiger partial charge in [-0.2, -0.15) is 0 Å². The number of carboxylic acid groups (broad SMARTS) is 1. The predicted molar refractivity (Wildman–Crippen MR) is 60.1 cm³/mol. The SMILES string of the molecule is CC[C@H](C(=O)O)N1C[C@@H](CO)C2(CCC2)C1. The number of carboxylic acids is 1. The van der Waals surface area contributed by atoms with Crippen molar-refractivity contribution >= 4 is 5.97 Å². The van der Waals surface area contributed by atoms with Crippen LogP contribution >= 0.6 is 0 Å². The lowest BCUT2D eigenvalue weighted by molar-refractivity contribution is -0.143. The largest absolute Gasteiger partial charge is 0.480 e. The fraction of sp³-hybridized carbons (Fsp3) is 0.917. The van der Waals surface area contributed by atoms with Crippen molar-refractivity contribution in [2.24, 2.45) is 11.3 Å². The van der Waals surface area contributed by atoms with Crippen molar-refractivity contribution in [3.05, 3.63) is 0 Å². The predicted octanol–water partition coefficient (Wildman–Crippen LogP) is 0.944. The van der Waals surface area contributed by atoms with Crippen molar-refractivity contribution in [2.45, 2.75) is 38.6 Å². The van der Waals surface area contributed by atoms with E-state index in [1.165, 1.54) is 6.42 Å². The molecule has 2 fully saturated rings. The number of carbonyl (C=O) groups is 1. The van der Waals surface area contributed by atoms with E-state index in [-0.39, 0.29) is 24.0 Å². The summed E-state index contributed by atoms with van der Waals surface area (Å²) in [7, 11) is 0. The van der Waals surface area contributed by atoms with Crippen LogP contribution in [0.25, 0.3) is 0 Å². The van der Waals surface area contributed by atoms with Crippen LogP contribution in [0.1, 0.15) is 32.6 Å². The number of aliphatic hydroxyl groups excluding tert-OH is 1. The highest BCUT2D eigenvalue weighted by atomic mass is 16.4. The topological polar surface area (TPSA) is 60.8 Å². The molecule has 16 heavy (non-hydrogen) atoms. The van der Waals surface area contributed by atoms with Crippen LogP contribution in [0, 0.1) is 11.3 Å². The number of hydrogen-bond acceptors (Lipinski definition) is 3. The molecular formula is C12H21NO3. The summed E-state index contributed by atoms with van der Waals surface area (Å²) in [6.07, 6.45) is 4.19. The van der Waals surface area contributed by atoms with Crippen molar-refractivity contribution in [1.29, 1.82) is 0 Å². The summed E-state index contributed by atoms with van der Waals surface area (Å²) in [5, 5.41) is 18.6. The number of aliphatic carboxylic acids is 1. The number of nitrogens with zero attached hydrogens (tertiary/aromatic N) is 1. The van der Waals surface area contributed by atoms with E-state index in [2.05, 4.69) is 4.90 Å². The summed E-state index contributed by atoms with van der Waals surface area (Å²) in [5.41, 5.74) is 0.234. The van der Waals surface area contributed by atoms with Crippen LogP contribution in [0.3, 0.4) is 0 Å². The standard InChI is InChI=1S/C12H21NO3/c1-2-10(11(15)16)13-6-9(7-14)12(8-13)4-3-5-12/h9-10,14H,2-8H2,1H3,(H,15,16)/t9-,10+/m0/s1. The van der Waals surface area contributed by atoms with Gasteiger partial charge in [0.25, 0.3) is 0 Å². The minimum absolute atomic E-state index is 0.201. The molecule has 2 N–H and O–H groups in total. The van der Waals surface area contributed by atoms with Gasteiger partial charge in [0.15, 0.2) is 0 Å². The molecule has 0 bridgehead atoms. The molecule has 2 atom stereocenters. The van der Waals surface area contributed by atoms with Gasteiger partial charge >= 0.3 is 5.97 Å². The first-order valence-corrected chi connectivity index (χ1v) is 6.20. The fourth-order valence-corrected chi connectivity index (χ4v) is 3.35. The summed E-state index contributed by atoms with van der Waals surface area (Å²) in [6.45, 7) is 3.73. The maximum Gasteiger partial charge on any atom is 0.320 e. The van der Waals surface area contributed by atoms with E-state index < -0.39 is 5.97 Å². The van der Waals surface area contributed by atoms with Gasteiger partial charge in [0.05, 0.1) is 0 Å². The third-order valence-corrected chi connectivity index (χ3v) is 4.52. The highest BCUT2D eigenvalue weighted by molar-refractivity contribution is 5.73. The van der Waals surface area contributed by atoms with Crippen molar-refractivity contribution in [2.75, 3.05) is 19.7 Å². The zero-order valence-corrected chi connectivity index (χ0v) is 9.85. The second kappa shape index (κ2) is 4.34. The zero-order valence-electron chi connectivity index (χ0n) is 9.85. The zero-order chi connectivity index (χ0) is 11.8. The third kappa shape index (κ3) is 1.74. The Balaban J connectivity index is 2.07. The first-order chi connectivity index (χ1) is 7.63. The molecule has 0 aromatic heterocycles. The van der Waals surface area contributed by atoms with Crippen LogP contribution in [0.2, 0.25) is 0 Å². The van der Waals surface area contributed by atoms with Crippen LogP contribution in [0.15, 0.2) is 0 Å². The summed E-state index contributed by atoms with van der Waals surface area (Å²) in [5.74, 6) is -0.440. The van der Waals surface area contributed by atoms with Gasteiger partial charge in [-0.25, -0.2) is 0 Å². The van der Waals surface area contributed by atoms with E-state index in [0.717, 1.165) is 25.9 Å². The van der Waals surface area contributed by atoms with E-state index in [1.807, 2.05) is 6.92 Å². The molecule has 1 aliphatic carbocycles. The quantitative estimate of drug-likeness (QED) is 0.750. The molecule has 0 radical (unpaired) electrons. The summed E-state index contributed by atoms with van der Waals surface area (Å²) in [6, 6.07) is -0.367. The second-order valence-corrected chi connectivity index (χ2v) is 5.29. The van der Waals surface area contributed by atoms with Gasteiger partial charge in [0.2, 0.25) is 0 Å². The molecule has 4 heteroatoms. The van der Waals surface area contributed by atoms with Gasteiger partial charge in [0.1, 0.15) is 6.04 Å². The molecule has 2 rings (SSSR count). The lowest BCUT2D eigenvalue weighted by Crippen LogP contribution is -2.42. The van der Waals surface area contributed by atoms with Crippen LogP contribution in [0.4, 0.5) is 0 Å². The van der Waals surface area contributed by atoms with Crippen molar-refractivity contribution in [3.8, 4) is 0 Å². The molecule has 0 unspecified atom stereocenters. The molecule has 0 amide bonds. The molecule has 4 nitrogen and oxygen atoms in total. The summed E-state index contributed by atoms with van der Waals surface area (Å²) < 4.78 is 0. The Hall–Kier alpha value is -0.610. The Morgan fingerprint density at radius 1 is 1.56 bits per heavy atom. The van der Waals surface area contributed by atoms with Gasteiger partial charge in [-0.1, -0.05) is 13.3 Å². The van der Waals surface area contributed by atoms with Crippen molar-refractivity contribution in [1.82, 2.24) is 4.90 Å². The molecule has 1 saturated heterocycles. The number of hydrogen-bond donors (Lipinski definition) is 2. The van der Waals surface area contributed by atoms with E-state index in [9.17, 15) is 9.90 Å². The first-order valence-electron chi connectivity index (χ1n) is 6.20. The molecule has 0 aromatic rings. The number of rotatable bonds is 4. The van der Waals surface area contributed by atoms with Gasteiger partial charge in [-0.3, -0.25) is 9.69 Å². The maximum absolute atomic E-state index is 11.1. The van der Waals surface area contributed by atoms with E-state index in [0.29, 0.717) is 6.42 Å². The highest BCUT2D eigenvalue weighted by Gasteiger charge is 2.51. The maximum atomic E-state index is 11.1. The molecular weight excluding hydrogens is 206 g/mol. The molecule has 0 aromatic carbocycles. The smallest absolute Gasteiger partial charge is 0.320 e. The van der Waals surface area contributed by atoms with E-state index in [1.54, 1.807) is 0 Å². The third-order valence-electron chi connectivity index (χ3n) is 4.52. The van der Waals surface area contributed by atoms with Crippen molar-refractivity contribution < 1.29 is 15.0 Å². The normalized spacial score (nSPS) is 30.2. The molecule has 1 spiro atoms. The molecule has 1 heterocycles. The fourth-order valence-electron chi connectivity index (χ4n) is 3.35. The molecule has 2 aliphatic rings. The lowest BCUT2D eigenvalue weighted by Gasteiger charge is -2.42. The Bertz CT molecular complexity index is 275. The van der Waals surface area contributed by atoms with Crippen LogP contribution in [0.5, 0.6) is 0 Å². The lowest BCUT2D eigenvalue weighted by atomic mass is 9.63. The molecule has 92 valence electrons. The second-order valence-electron chi connectivity index (χ2n) is 5.29. The van der Waals surface area contributed by atoms with Crippen LogP contribution in [-0.4, -0.2) is 46.8 Å². The Morgan fingerprint density at radius 2 is 2.25 bits per heavy atom. The molecule has 1 saturated carbocycles. The first kappa shape index (κ1) is 11.9. The van der Waals surface area contributed by atoms with E-state index in [4.69, 9.17) is 5.11 Å². The molecule has 1 aliphatic heterocycles. The average molecular weight is 227 g/mol. The Kier molecular flexibility index (Phi) is 3.22. The summed E-state index contributed by atoms with van der Waals surface area (Å²) in [4.78, 5) is 13.2. The Morgan fingerprint density at radius 3 is 2.56 bits per heavy atom. The van der Waals surface area contributed by atoms with Crippen LogP contribution < -0.4 is 0 Å². The minimum Gasteiger partial charge on any atom is -0.480 e. The van der Waals surface area contributed by atoms with Crippen LogP contribution in [-0.2, 0) is 4.79 Å². The number of likely N-dealkylation sites (tertiary alicyclic amines) is 1. The average Bonchev–Trinajstić information content (AvgIpc) is 2.57. The number of aliphatic hydroxyl groups is 1. The van der Waals surface area contributed by atoms with Gasteiger partial charge < -0.3 is 10.2 Å². The van der Waals surface area contributed by atoms with Gasteiger partial charge in [-0.05, 0) is 24.7 Å².